The minimum Gasteiger partial charge on any atom is -0.478 e. The number of benzene rings is 4. The van der Waals surface area contributed by atoms with Crippen molar-refractivity contribution in [2.75, 3.05) is 0 Å². The third kappa shape index (κ3) is 4.74. The van der Waals surface area contributed by atoms with Crippen LogP contribution in [0.3, 0.4) is 0 Å². The fourth-order valence-electron chi connectivity index (χ4n) is 4.08. The number of fused-ring (bicyclic) bond motifs is 2. The van der Waals surface area contributed by atoms with E-state index in [4.69, 9.17) is 14.1 Å². The molecule has 0 bridgehead atoms. The molecule has 2 N–H and O–H groups in total. The van der Waals surface area contributed by atoms with Gasteiger partial charge >= 0.3 is 5.97 Å². The van der Waals surface area contributed by atoms with Gasteiger partial charge in [0.05, 0.1) is 0 Å². The topological polar surface area (TPSA) is 84.6 Å². The molecule has 0 aliphatic rings. The minimum atomic E-state index is -1.30. The van der Waals surface area contributed by atoms with E-state index < -0.39 is 11.6 Å². The molecule has 6 heteroatoms. The second-order valence-corrected chi connectivity index (χ2v) is 8.96. The second kappa shape index (κ2) is 9.24. The van der Waals surface area contributed by atoms with Crippen molar-refractivity contribution in [3.05, 3.63) is 108 Å². The third-order valence-electron chi connectivity index (χ3n) is 6.01. The lowest BCUT2D eigenvalue weighted by molar-refractivity contribution is -0.152. The molecule has 4 aromatic carbocycles. The molecule has 176 valence electrons. The van der Waals surface area contributed by atoms with Gasteiger partial charge in [0.15, 0.2) is 11.2 Å². The average Bonchev–Trinajstić information content (AvgIpc) is 3.29. The number of hydrogen-bond acceptors (Lipinski definition) is 5. The smallest absolute Gasteiger partial charge is 0.347 e. The Morgan fingerprint density at radius 1 is 0.971 bits per heavy atom. The maximum atomic E-state index is 11.3. The monoisotopic (exact) mass is 466 g/mol. The molecular weight excluding hydrogens is 440 g/mol. The summed E-state index contributed by atoms with van der Waals surface area (Å²) in [7, 11) is 0. The summed E-state index contributed by atoms with van der Waals surface area (Å²) in [6, 6.07) is 29.4. The van der Waals surface area contributed by atoms with E-state index in [0.717, 1.165) is 33.0 Å². The summed E-state index contributed by atoms with van der Waals surface area (Å²) >= 11 is 0. The summed E-state index contributed by atoms with van der Waals surface area (Å²) in [4.78, 5) is 16.1. The molecule has 0 saturated carbocycles. The number of carboxylic acid groups (broad SMARTS) is 1. The number of carboxylic acids is 1. The summed E-state index contributed by atoms with van der Waals surface area (Å²) in [6.45, 7) is 3.61. The molecule has 0 spiro atoms. The molecule has 0 fully saturated rings. The van der Waals surface area contributed by atoms with Gasteiger partial charge in [-0.15, -0.1) is 0 Å². The molecule has 0 saturated heterocycles. The Labute approximate surface area is 203 Å². The summed E-state index contributed by atoms with van der Waals surface area (Å²) in [5.74, 6) is 0.0934. The van der Waals surface area contributed by atoms with E-state index in [-0.39, 0.29) is 6.04 Å². The number of hydrogen-bond donors (Lipinski definition) is 2. The molecule has 5 rings (SSSR count). The lowest BCUT2D eigenvalue weighted by atomic mass is 9.98. The van der Waals surface area contributed by atoms with E-state index in [9.17, 15) is 9.90 Å². The summed E-state index contributed by atoms with van der Waals surface area (Å²) in [5, 5.41) is 15.2. The van der Waals surface area contributed by atoms with Gasteiger partial charge < -0.3 is 14.3 Å². The molecular formula is C29H26N2O4. The van der Waals surface area contributed by atoms with Crippen LogP contribution in [0.1, 0.15) is 36.9 Å². The SMILES string of the molecule is CC(C)(Oc1ccc(CNC(c2nc3ccccc3o2)c2cccc3ccccc23)cc1)C(=O)O. The van der Waals surface area contributed by atoms with Gasteiger partial charge in [-0.2, -0.15) is 0 Å². The van der Waals surface area contributed by atoms with Crippen molar-refractivity contribution in [3.8, 4) is 5.75 Å². The first-order valence-corrected chi connectivity index (χ1v) is 11.5. The predicted molar refractivity (Wildman–Crippen MR) is 135 cm³/mol. The van der Waals surface area contributed by atoms with Crippen molar-refractivity contribution < 1.29 is 19.1 Å². The first kappa shape index (κ1) is 22.6. The number of oxazole rings is 1. The number of carbonyl (C=O) groups is 1. The Morgan fingerprint density at radius 3 is 2.46 bits per heavy atom. The Morgan fingerprint density at radius 2 is 1.69 bits per heavy atom. The van der Waals surface area contributed by atoms with Crippen LogP contribution < -0.4 is 10.1 Å². The highest BCUT2D eigenvalue weighted by Gasteiger charge is 2.29. The van der Waals surface area contributed by atoms with Crippen molar-refractivity contribution >= 4 is 27.8 Å². The molecule has 1 atom stereocenters. The highest BCUT2D eigenvalue weighted by atomic mass is 16.5. The van der Waals surface area contributed by atoms with Crippen molar-refractivity contribution in [1.29, 1.82) is 0 Å². The first-order chi connectivity index (χ1) is 16.9. The summed E-state index contributed by atoms with van der Waals surface area (Å²) in [5.41, 5.74) is 2.37. The molecule has 0 radical (unpaired) electrons. The number of aromatic nitrogens is 1. The van der Waals surface area contributed by atoms with Gasteiger partial charge in [0.25, 0.3) is 0 Å². The van der Waals surface area contributed by atoms with Gasteiger partial charge in [0.2, 0.25) is 5.89 Å². The van der Waals surface area contributed by atoms with Gasteiger partial charge in [-0.1, -0.05) is 66.7 Å². The Bertz CT molecular complexity index is 1450. The van der Waals surface area contributed by atoms with Crippen LogP contribution in [0, 0.1) is 0 Å². The largest absolute Gasteiger partial charge is 0.478 e. The maximum Gasteiger partial charge on any atom is 0.347 e. The van der Waals surface area contributed by atoms with Gasteiger partial charge in [-0.3, -0.25) is 5.32 Å². The van der Waals surface area contributed by atoms with Crippen LogP contribution >= 0.6 is 0 Å². The Kier molecular flexibility index (Phi) is 5.97. The van der Waals surface area contributed by atoms with Crippen LogP contribution in [0.25, 0.3) is 21.9 Å². The molecule has 0 amide bonds. The van der Waals surface area contributed by atoms with E-state index in [2.05, 4.69) is 29.6 Å². The first-order valence-electron chi connectivity index (χ1n) is 11.5. The Balaban J connectivity index is 1.45. The fraction of sp³-hybridized carbons (Fsp3) is 0.172. The third-order valence-corrected chi connectivity index (χ3v) is 6.01. The molecule has 1 unspecified atom stereocenters. The molecule has 6 nitrogen and oxygen atoms in total. The molecule has 1 heterocycles. The van der Waals surface area contributed by atoms with Gasteiger partial charge in [-0.25, -0.2) is 9.78 Å². The lowest BCUT2D eigenvalue weighted by Crippen LogP contribution is -2.37. The maximum absolute atomic E-state index is 11.3. The van der Waals surface area contributed by atoms with Crippen LogP contribution in [0.15, 0.2) is 95.4 Å². The molecule has 0 aliphatic heterocycles. The zero-order valence-corrected chi connectivity index (χ0v) is 19.6. The van der Waals surface area contributed by atoms with E-state index >= 15 is 0 Å². The number of aliphatic carboxylic acids is 1. The number of nitrogens with zero attached hydrogens (tertiary/aromatic N) is 1. The zero-order chi connectivity index (χ0) is 24.4. The van der Waals surface area contributed by atoms with E-state index in [0.29, 0.717) is 18.2 Å². The predicted octanol–water partition coefficient (Wildman–Crippen LogP) is 6.10. The second-order valence-electron chi connectivity index (χ2n) is 8.96. The van der Waals surface area contributed by atoms with Crippen LogP contribution in [0.5, 0.6) is 5.75 Å². The summed E-state index contributed by atoms with van der Waals surface area (Å²) < 4.78 is 11.8. The fourth-order valence-corrected chi connectivity index (χ4v) is 4.08. The van der Waals surface area contributed by atoms with Gasteiger partial charge in [0.1, 0.15) is 17.3 Å². The zero-order valence-electron chi connectivity index (χ0n) is 19.6. The molecule has 1 aromatic heterocycles. The van der Waals surface area contributed by atoms with Crippen molar-refractivity contribution in [2.45, 2.75) is 32.0 Å². The molecule has 35 heavy (non-hydrogen) atoms. The van der Waals surface area contributed by atoms with E-state index in [1.165, 1.54) is 13.8 Å². The van der Waals surface area contributed by atoms with Crippen LogP contribution in [-0.2, 0) is 11.3 Å². The van der Waals surface area contributed by atoms with Crippen LogP contribution in [0.4, 0.5) is 0 Å². The van der Waals surface area contributed by atoms with Gasteiger partial charge in [0, 0.05) is 6.54 Å². The van der Waals surface area contributed by atoms with Crippen molar-refractivity contribution in [2.24, 2.45) is 0 Å². The summed E-state index contributed by atoms with van der Waals surface area (Å²) in [6.07, 6.45) is 0. The quantitative estimate of drug-likeness (QED) is 0.287. The number of nitrogens with one attached hydrogen (secondary N) is 1. The highest BCUT2D eigenvalue weighted by molar-refractivity contribution is 5.86. The number of ether oxygens (including phenoxy) is 1. The van der Waals surface area contributed by atoms with Gasteiger partial charge in [-0.05, 0) is 60.0 Å². The number of para-hydroxylation sites is 2. The van der Waals surface area contributed by atoms with E-state index in [1.807, 2.05) is 54.6 Å². The highest BCUT2D eigenvalue weighted by Crippen LogP contribution is 2.31. The standard InChI is InChI=1S/C29H26N2O4/c1-29(2,28(32)33)35-21-16-14-19(15-17-21)18-30-26(27-31-24-12-5-6-13-25(24)34-27)23-11-7-9-20-8-3-4-10-22(20)23/h3-17,26,30H,18H2,1-2H3,(H,32,33). The molecule has 5 aromatic rings. The Hall–Kier alpha value is -4.16. The van der Waals surface area contributed by atoms with Crippen LogP contribution in [0.2, 0.25) is 0 Å². The van der Waals surface area contributed by atoms with Crippen molar-refractivity contribution in [3.63, 3.8) is 0 Å². The average molecular weight is 467 g/mol. The van der Waals surface area contributed by atoms with E-state index in [1.54, 1.807) is 12.1 Å². The lowest BCUT2D eigenvalue weighted by Gasteiger charge is -2.22. The normalized spacial score (nSPS) is 12.6. The number of rotatable bonds is 8. The van der Waals surface area contributed by atoms with Crippen LogP contribution in [-0.4, -0.2) is 21.7 Å². The minimum absolute atomic E-state index is 0.268. The van der Waals surface area contributed by atoms with Crippen molar-refractivity contribution in [1.82, 2.24) is 10.3 Å². The molecule has 0 aliphatic carbocycles.